The average molecular weight is 425 g/mol. The van der Waals surface area contributed by atoms with Crippen LogP contribution in [0.2, 0.25) is 0 Å². The molecule has 0 N–H and O–H groups in total. The molecule has 1 amide bonds. The first-order valence-electron chi connectivity index (χ1n) is 10.7. The first kappa shape index (κ1) is 20.7. The van der Waals surface area contributed by atoms with E-state index in [1.165, 1.54) is 5.56 Å². The number of piperidine rings is 1. The molecule has 2 heterocycles. The molecule has 0 saturated carbocycles. The number of nitrogens with zero attached hydrogens (tertiary/aromatic N) is 2. The van der Waals surface area contributed by atoms with E-state index in [2.05, 4.69) is 31.0 Å². The van der Waals surface area contributed by atoms with Crippen LogP contribution in [0.25, 0.3) is 10.2 Å². The molecule has 158 valence electrons. The molecule has 1 aliphatic heterocycles. The van der Waals surface area contributed by atoms with Crippen molar-refractivity contribution >= 4 is 27.5 Å². The van der Waals surface area contributed by atoms with Crippen LogP contribution in [-0.4, -0.2) is 41.6 Å². The van der Waals surface area contributed by atoms with Gasteiger partial charge in [0.2, 0.25) is 0 Å². The van der Waals surface area contributed by atoms with Gasteiger partial charge in [0, 0.05) is 31.5 Å². The Morgan fingerprint density at radius 1 is 1.20 bits per heavy atom. The fourth-order valence-electron chi connectivity index (χ4n) is 3.67. The third-order valence-corrected chi connectivity index (χ3v) is 6.36. The van der Waals surface area contributed by atoms with Crippen molar-refractivity contribution in [3.8, 4) is 10.9 Å². The van der Waals surface area contributed by atoms with Crippen molar-refractivity contribution in [2.24, 2.45) is 0 Å². The van der Waals surface area contributed by atoms with E-state index in [1.807, 2.05) is 35.2 Å². The van der Waals surface area contributed by atoms with Crippen LogP contribution in [0.1, 0.15) is 48.5 Å². The number of fused-ring (bicyclic) bond motifs is 1. The predicted molar refractivity (Wildman–Crippen MR) is 121 cm³/mol. The Kier molecular flexibility index (Phi) is 6.53. The quantitative estimate of drug-likeness (QED) is 0.472. The van der Waals surface area contributed by atoms with Crippen LogP contribution in [0.4, 0.5) is 0 Å². The lowest BCUT2D eigenvalue weighted by molar-refractivity contribution is 0.0595. The van der Waals surface area contributed by atoms with E-state index in [-0.39, 0.29) is 12.0 Å². The molecule has 0 radical (unpaired) electrons. The molecule has 0 spiro atoms. The smallest absolute Gasteiger partial charge is 0.274 e. The number of likely N-dealkylation sites (tertiary alicyclic amines) is 1. The summed E-state index contributed by atoms with van der Waals surface area (Å²) in [5, 5.41) is 0.723. The Bertz CT molecular complexity index is 1010. The van der Waals surface area contributed by atoms with E-state index in [1.54, 1.807) is 11.3 Å². The number of amides is 1. The van der Waals surface area contributed by atoms with E-state index in [0.717, 1.165) is 46.8 Å². The van der Waals surface area contributed by atoms with Crippen molar-refractivity contribution in [3.05, 3.63) is 53.6 Å². The molecule has 1 aromatic heterocycles. The van der Waals surface area contributed by atoms with Gasteiger partial charge in [-0.1, -0.05) is 42.9 Å². The van der Waals surface area contributed by atoms with Gasteiger partial charge in [0.25, 0.3) is 11.1 Å². The Labute approximate surface area is 181 Å². The van der Waals surface area contributed by atoms with Crippen molar-refractivity contribution < 1.29 is 14.3 Å². The first-order chi connectivity index (χ1) is 14.6. The van der Waals surface area contributed by atoms with Gasteiger partial charge >= 0.3 is 0 Å². The van der Waals surface area contributed by atoms with Crippen molar-refractivity contribution in [2.45, 2.75) is 45.6 Å². The summed E-state index contributed by atoms with van der Waals surface area (Å²) in [6.07, 6.45) is 3.82. The largest absolute Gasteiger partial charge is 0.494 e. The second-order valence-electron chi connectivity index (χ2n) is 7.74. The molecule has 1 saturated heterocycles. The van der Waals surface area contributed by atoms with Crippen LogP contribution in [-0.2, 0) is 0 Å². The highest BCUT2D eigenvalue weighted by Crippen LogP contribution is 2.31. The SMILES string of the molecule is CCCCOc1cccc(C(=O)N2CCC(Oc3nc4c(C)cccc4s3)CC2)c1. The van der Waals surface area contributed by atoms with Crippen LogP contribution in [0, 0.1) is 6.92 Å². The molecule has 0 aliphatic carbocycles. The van der Waals surface area contributed by atoms with Crippen molar-refractivity contribution in [1.29, 1.82) is 0 Å². The number of hydrogen-bond acceptors (Lipinski definition) is 5. The number of aromatic nitrogens is 1. The highest BCUT2D eigenvalue weighted by Gasteiger charge is 2.25. The summed E-state index contributed by atoms with van der Waals surface area (Å²) in [7, 11) is 0. The van der Waals surface area contributed by atoms with Gasteiger partial charge in [-0.3, -0.25) is 4.79 Å². The Hall–Kier alpha value is -2.60. The standard InChI is InChI=1S/C24H28N2O3S/c1-3-4-15-28-20-9-6-8-18(16-20)23(27)26-13-11-19(12-14-26)29-24-25-22-17(2)7-5-10-21(22)30-24/h5-10,16,19H,3-4,11-15H2,1-2H3. The lowest BCUT2D eigenvalue weighted by atomic mass is 10.1. The van der Waals surface area contributed by atoms with Crippen LogP contribution in [0.3, 0.4) is 0 Å². The van der Waals surface area contributed by atoms with Gasteiger partial charge in [-0.15, -0.1) is 0 Å². The summed E-state index contributed by atoms with van der Waals surface area (Å²) < 4.78 is 13.0. The number of para-hydroxylation sites is 1. The van der Waals surface area contributed by atoms with Crippen LogP contribution >= 0.6 is 11.3 Å². The number of hydrogen-bond donors (Lipinski definition) is 0. The second kappa shape index (κ2) is 9.47. The predicted octanol–water partition coefficient (Wildman–Crippen LogP) is 5.47. The topological polar surface area (TPSA) is 51.7 Å². The summed E-state index contributed by atoms with van der Waals surface area (Å²) in [6.45, 7) is 6.26. The third-order valence-electron chi connectivity index (χ3n) is 5.45. The molecule has 30 heavy (non-hydrogen) atoms. The Balaban J connectivity index is 1.33. The van der Waals surface area contributed by atoms with Crippen LogP contribution in [0.15, 0.2) is 42.5 Å². The third kappa shape index (κ3) is 4.75. The zero-order valence-electron chi connectivity index (χ0n) is 17.6. The summed E-state index contributed by atoms with van der Waals surface area (Å²) in [4.78, 5) is 19.5. The molecule has 2 aromatic carbocycles. The molecular formula is C24H28N2O3S. The monoisotopic (exact) mass is 424 g/mol. The van der Waals surface area contributed by atoms with E-state index in [0.29, 0.717) is 25.3 Å². The summed E-state index contributed by atoms with van der Waals surface area (Å²) in [5.41, 5.74) is 2.87. The number of carbonyl (C=O) groups is 1. The molecular weight excluding hydrogens is 396 g/mol. The number of aryl methyl sites for hydroxylation is 1. The second-order valence-corrected chi connectivity index (χ2v) is 8.73. The molecule has 3 aromatic rings. The fourth-order valence-corrected chi connectivity index (χ4v) is 4.63. The molecule has 1 fully saturated rings. The van der Waals surface area contributed by atoms with Gasteiger partial charge in [-0.25, -0.2) is 4.98 Å². The number of unbranched alkanes of at least 4 members (excludes halogenated alkanes) is 1. The number of carbonyl (C=O) groups excluding carboxylic acids is 1. The number of benzene rings is 2. The van der Waals surface area contributed by atoms with Gasteiger partial charge in [0.1, 0.15) is 11.9 Å². The van der Waals surface area contributed by atoms with Crippen molar-refractivity contribution in [2.75, 3.05) is 19.7 Å². The number of ether oxygens (including phenoxy) is 2. The fraction of sp³-hybridized carbons (Fsp3) is 0.417. The summed E-state index contributed by atoms with van der Waals surface area (Å²) in [5.74, 6) is 0.823. The lowest BCUT2D eigenvalue weighted by Crippen LogP contribution is -2.41. The van der Waals surface area contributed by atoms with Gasteiger partial charge in [0.05, 0.1) is 16.8 Å². The normalized spacial score (nSPS) is 14.8. The van der Waals surface area contributed by atoms with E-state index in [4.69, 9.17) is 9.47 Å². The maximum atomic E-state index is 12.9. The molecule has 6 heteroatoms. The molecule has 5 nitrogen and oxygen atoms in total. The van der Waals surface area contributed by atoms with Crippen LogP contribution in [0.5, 0.6) is 10.9 Å². The Morgan fingerprint density at radius 3 is 2.77 bits per heavy atom. The molecule has 1 aliphatic rings. The van der Waals surface area contributed by atoms with Gasteiger partial charge in [-0.2, -0.15) is 0 Å². The molecule has 4 rings (SSSR count). The maximum absolute atomic E-state index is 12.9. The summed E-state index contributed by atoms with van der Waals surface area (Å²) in [6, 6.07) is 13.7. The van der Waals surface area contributed by atoms with Gasteiger partial charge < -0.3 is 14.4 Å². The van der Waals surface area contributed by atoms with E-state index >= 15 is 0 Å². The highest BCUT2D eigenvalue weighted by atomic mass is 32.1. The zero-order chi connectivity index (χ0) is 20.9. The minimum atomic E-state index is 0.0602. The molecule has 0 unspecified atom stereocenters. The maximum Gasteiger partial charge on any atom is 0.274 e. The van der Waals surface area contributed by atoms with Crippen molar-refractivity contribution in [3.63, 3.8) is 0 Å². The average Bonchev–Trinajstić information content (AvgIpc) is 3.18. The first-order valence-corrected chi connectivity index (χ1v) is 11.5. The zero-order valence-corrected chi connectivity index (χ0v) is 18.4. The number of rotatable bonds is 7. The minimum absolute atomic E-state index is 0.0602. The van der Waals surface area contributed by atoms with Crippen molar-refractivity contribution in [1.82, 2.24) is 9.88 Å². The lowest BCUT2D eigenvalue weighted by Gasteiger charge is -2.31. The van der Waals surface area contributed by atoms with Crippen LogP contribution < -0.4 is 9.47 Å². The highest BCUT2D eigenvalue weighted by molar-refractivity contribution is 7.20. The Morgan fingerprint density at radius 2 is 2.00 bits per heavy atom. The van der Waals surface area contributed by atoms with Gasteiger partial charge in [-0.05, 0) is 43.2 Å². The van der Waals surface area contributed by atoms with Gasteiger partial charge in [0.15, 0.2) is 0 Å². The van der Waals surface area contributed by atoms with E-state index < -0.39 is 0 Å². The summed E-state index contributed by atoms with van der Waals surface area (Å²) >= 11 is 1.59. The molecule has 0 bridgehead atoms. The minimum Gasteiger partial charge on any atom is -0.494 e. The number of thiazole rings is 1. The molecule has 0 atom stereocenters. The van der Waals surface area contributed by atoms with E-state index in [9.17, 15) is 4.79 Å².